The second-order valence-electron chi connectivity index (χ2n) is 4.92. The Morgan fingerprint density at radius 1 is 1.44 bits per heavy atom. The molecule has 2 rings (SSSR count). The van der Waals surface area contributed by atoms with Crippen LogP contribution in [0.2, 0.25) is 0 Å². The third-order valence-electron chi connectivity index (χ3n) is 3.37. The maximum atomic E-state index is 3.67. The fraction of sp³-hybridized carbons (Fsp3) is 0.750. The van der Waals surface area contributed by atoms with E-state index in [9.17, 15) is 0 Å². The number of allylic oxidation sites excluding steroid dienone is 3. The zero-order valence-electron chi connectivity index (χ0n) is 11.9. The van der Waals surface area contributed by atoms with Crippen LogP contribution in [-0.2, 0) is 0 Å². The first-order valence-corrected chi connectivity index (χ1v) is 7.02. The molecule has 1 aliphatic heterocycles. The summed E-state index contributed by atoms with van der Waals surface area (Å²) < 4.78 is 0. The quantitative estimate of drug-likeness (QED) is 0.823. The maximum Gasteiger partial charge on any atom is 0.0210 e. The van der Waals surface area contributed by atoms with E-state index in [1.54, 1.807) is 5.57 Å². The molecular formula is C16H34N2. The van der Waals surface area contributed by atoms with Gasteiger partial charge in [0.1, 0.15) is 0 Å². The van der Waals surface area contributed by atoms with E-state index in [4.69, 9.17) is 0 Å². The highest BCUT2D eigenvalue weighted by atomic mass is 15.2. The minimum Gasteiger partial charge on any atom is -0.309 e. The van der Waals surface area contributed by atoms with Gasteiger partial charge in [-0.1, -0.05) is 44.6 Å². The highest BCUT2D eigenvalue weighted by Crippen LogP contribution is 2.16. The Morgan fingerprint density at radius 3 is 2.72 bits per heavy atom. The second kappa shape index (κ2) is 9.35. The molecule has 0 aromatic heterocycles. The molecule has 0 radical (unpaired) electrons. The lowest BCUT2D eigenvalue weighted by atomic mass is 10.00. The van der Waals surface area contributed by atoms with Gasteiger partial charge >= 0.3 is 0 Å². The maximum absolute atomic E-state index is 3.67. The van der Waals surface area contributed by atoms with Crippen molar-refractivity contribution in [3.05, 3.63) is 23.3 Å². The Labute approximate surface area is 116 Å². The molecule has 1 atom stereocenters. The molecule has 2 nitrogen and oxygen atoms in total. The molecular weight excluding hydrogens is 220 g/mol. The lowest BCUT2D eigenvalue weighted by molar-refractivity contribution is 0.400. The monoisotopic (exact) mass is 254 g/mol. The van der Waals surface area contributed by atoms with E-state index in [0.717, 1.165) is 6.54 Å². The SMILES string of the molecule is C.CC.CC1=CCCC(CNC2CCN(C)C2)=C1.[HH]. The van der Waals surface area contributed by atoms with Gasteiger partial charge in [-0.15, -0.1) is 0 Å². The van der Waals surface area contributed by atoms with E-state index in [1.165, 1.54) is 37.9 Å². The predicted octanol–water partition coefficient (Wildman–Crippen LogP) is 3.85. The van der Waals surface area contributed by atoms with Gasteiger partial charge in [0.05, 0.1) is 0 Å². The number of hydrogen-bond donors (Lipinski definition) is 1. The van der Waals surface area contributed by atoms with Crippen LogP contribution in [0, 0.1) is 0 Å². The zero-order chi connectivity index (χ0) is 12.7. The van der Waals surface area contributed by atoms with Crippen LogP contribution >= 0.6 is 0 Å². The van der Waals surface area contributed by atoms with Crippen molar-refractivity contribution in [2.24, 2.45) is 0 Å². The largest absolute Gasteiger partial charge is 0.309 e. The third-order valence-corrected chi connectivity index (χ3v) is 3.37. The summed E-state index contributed by atoms with van der Waals surface area (Å²) in [5.41, 5.74) is 3.01. The van der Waals surface area contributed by atoms with Gasteiger partial charge in [0.15, 0.2) is 0 Å². The van der Waals surface area contributed by atoms with Crippen molar-refractivity contribution in [1.82, 2.24) is 10.2 Å². The van der Waals surface area contributed by atoms with E-state index >= 15 is 0 Å². The first kappa shape index (κ1) is 17.4. The van der Waals surface area contributed by atoms with Gasteiger partial charge in [-0.05, 0) is 39.8 Å². The Bertz CT molecular complexity index is 284. The van der Waals surface area contributed by atoms with Gasteiger partial charge in [-0.2, -0.15) is 0 Å². The Hall–Kier alpha value is -0.600. The minimum atomic E-state index is 0. The van der Waals surface area contributed by atoms with E-state index < -0.39 is 0 Å². The van der Waals surface area contributed by atoms with Crippen molar-refractivity contribution < 1.29 is 1.43 Å². The van der Waals surface area contributed by atoms with Crippen LogP contribution in [0.25, 0.3) is 0 Å². The minimum absolute atomic E-state index is 0. The summed E-state index contributed by atoms with van der Waals surface area (Å²) in [5, 5.41) is 3.67. The van der Waals surface area contributed by atoms with Gasteiger partial charge in [0.25, 0.3) is 0 Å². The highest BCUT2D eigenvalue weighted by molar-refractivity contribution is 5.26. The van der Waals surface area contributed by atoms with E-state index in [2.05, 4.69) is 36.3 Å². The van der Waals surface area contributed by atoms with Gasteiger partial charge in [0.2, 0.25) is 0 Å². The van der Waals surface area contributed by atoms with Gasteiger partial charge in [0, 0.05) is 20.6 Å². The van der Waals surface area contributed by atoms with Crippen LogP contribution in [0.3, 0.4) is 0 Å². The number of rotatable bonds is 3. The number of likely N-dealkylation sites (tertiary alicyclic amines) is 1. The molecule has 0 aromatic carbocycles. The van der Waals surface area contributed by atoms with Crippen molar-refractivity contribution in [2.75, 3.05) is 26.7 Å². The van der Waals surface area contributed by atoms with E-state index in [-0.39, 0.29) is 8.85 Å². The first-order valence-electron chi connectivity index (χ1n) is 7.02. The predicted molar refractivity (Wildman–Crippen MR) is 85.2 cm³/mol. The van der Waals surface area contributed by atoms with Crippen LogP contribution in [0.4, 0.5) is 0 Å². The standard InChI is InChI=1S/C13H22N2.C2H6.CH4.H2/c1-11-4-3-5-12(8-11)9-14-13-6-7-15(2)10-13;1-2;;/h4,8,13-14H,3,5-7,9-10H2,1-2H3;1-2H3;1H4;1H. The summed E-state index contributed by atoms with van der Waals surface area (Å²) in [6.07, 6.45) is 8.44. The molecule has 0 bridgehead atoms. The van der Waals surface area contributed by atoms with Crippen LogP contribution in [0.1, 0.15) is 48.9 Å². The third kappa shape index (κ3) is 5.83. The van der Waals surface area contributed by atoms with Crippen molar-refractivity contribution in [2.45, 2.75) is 53.5 Å². The van der Waals surface area contributed by atoms with Crippen molar-refractivity contribution in [3.63, 3.8) is 0 Å². The molecule has 18 heavy (non-hydrogen) atoms. The van der Waals surface area contributed by atoms with Gasteiger partial charge in [-0.25, -0.2) is 0 Å². The fourth-order valence-electron chi connectivity index (χ4n) is 2.45. The number of hydrogen-bond acceptors (Lipinski definition) is 2. The summed E-state index contributed by atoms with van der Waals surface area (Å²) >= 11 is 0. The Balaban J connectivity index is 0. The normalized spacial score (nSPS) is 23.4. The summed E-state index contributed by atoms with van der Waals surface area (Å²) in [6, 6.07) is 0.710. The van der Waals surface area contributed by atoms with Crippen LogP contribution in [-0.4, -0.2) is 37.6 Å². The Kier molecular flexibility index (Phi) is 9.03. The second-order valence-corrected chi connectivity index (χ2v) is 4.92. The van der Waals surface area contributed by atoms with Gasteiger partial charge in [-0.3, -0.25) is 0 Å². The molecule has 2 aliphatic rings. The Morgan fingerprint density at radius 2 is 2.17 bits per heavy atom. The summed E-state index contributed by atoms with van der Waals surface area (Å²) in [6.45, 7) is 9.74. The van der Waals surface area contributed by atoms with Crippen molar-refractivity contribution >= 4 is 0 Å². The average molecular weight is 254 g/mol. The molecule has 1 fully saturated rings. The van der Waals surface area contributed by atoms with Crippen molar-refractivity contribution in [3.8, 4) is 0 Å². The van der Waals surface area contributed by atoms with Crippen LogP contribution < -0.4 is 5.32 Å². The number of nitrogens with zero attached hydrogens (tertiary/aromatic N) is 1. The molecule has 1 N–H and O–H groups in total. The molecule has 1 aliphatic carbocycles. The summed E-state index contributed by atoms with van der Waals surface area (Å²) in [5.74, 6) is 0. The highest BCUT2D eigenvalue weighted by Gasteiger charge is 2.18. The number of nitrogens with one attached hydrogen (secondary N) is 1. The lowest BCUT2D eigenvalue weighted by Crippen LogP contribution is -2.33. The molecule has 108 valence electrons. The first-order chi connectivity index (χ1) is 8.24. The van der Waals surface area contributed by atoms with Gasteiger partial charge < -0.3 is 10.2 Å². The molecule has 1 heterocycles. The molecule has 1 saturated heterocycles. The zero-order valence-corrected chi connectivity index (χ0v) is 11.9. The van der Waals surface area contributed by atoms with Crippen LogP contribution in [0.15, 0.2) is 23.3 Å². The molecule has 0 amide bonds. The smallest absolute Gasteiger partial charge is 0.0210 e. The number of likely N-dealkylation sites (N-methyl/N-ethyl adjacent to an activating group) is 1. The fourth-order valence-corrected chi connectivity index (χ4v) is 2.45. The van der Waals surface area contributed by atoms with E-state index in [1.807, 2.05) is 13.8 Å². The topological polar surface area (TPSA) is 15.3 Å². The molecule has 0 spiro atoms. The molecule has 1 unspecified atom stereocenters. The van der Waals surface area contributed by atoms with Crippen molar-refractivity contribution in [1.29, 1.82) is 0 Å². The molecule has 2 heteroatoms. The van der Waals surface area contributed by atoms with E-state index in [0.29, 0.717) is 6.04 Å². The average Bonchev–Trinajstić information content (AvgIpc) is 2.75. The molecule has 0 aromatic rings. The van der Waals surface area contributed by atoms with Crippen LogP contribution in [0.5, 0.6) is 0 Å². The molecule has 0 saturated carbocycles. The summed E-state index contributed by atoms with van der Waals surface area (Å²) in [4.78, 5) is 2.40. The summed E-state index contributed by atoms with van der Waals surface area (Å²) in [7, 11) is 2.20. The lowest BCUT2D eigenvalue weighted by Gasteiger charge is -2.16.